The van der Waals surface area contributed by atoms with Crippen LogP contribution in [0.15, 0.2) is 0 Å². The van der Waals surface area contributed by atoms with Gasteiger partial charge in [0.1, 0.15) is 0 Å². The predicted octanol–water partition coefficient (Wildman–Crippen LogP) is 20.3. The van der Waals surface area contributed by atoms with Crippen molar-refractivity contribution >= 4 is 11.9 Å². The molecule has 418 valence electrons. The highest BCUT2D eigenvalue weighted by Crippen LogP contribution is 2.19. The van der Waals surface area contributed by atoms with Crippen LogP contribution in [0, 0.1) is 0 Å². The molecule has 2 unspecified atom stereocenters. The lowest BCUT2D eigenvalue weighted by Crippen LogP contribution is -2.45. The Morgan fingerprint density at radius 3 is 0.871 bits per heavy atom. The third kappa shape index (κ3) is 56.2. The zero-order valence-corrected chi connectivity index (χ0v) is 47.8. The molecule has 0 aliphatic heterocycles. The molecule has 0 aromatic carbocycles. The maximum atomic E-state index is 12.5. The average Bonchev–Trinajstić information content (AvgIpc) is 3.36. The largest absolute Gasteiger partial charge is 0.466 e. The molecule has 0 rings (SSSR count). The molecule has 1 amide bonds. The van der Waals surface area contributed by atoms with E-state index in [0.717, 1.165) is 57.8 Å². The van der Waals surface area contributed by atoms with E-state index in [2.05, 4.69) is 19.2 Å². The zero-order chi connectivity index (χ0) is 50.7. The van der Waals surface area contributed by atoms with Gasteiger partial charge >= 0.3 is 5.97 Å². The molecular formula is C64H127NO5. The van der Waals surface area contributed by atoms with E-state index in [1.807, 2.05) is 0 Å². The second-order valence-electron chi connectivity index (χ2n) is 22.5. The summed E-state index contributed by atoms with van der Waals surface area (Å²) in [6.07, 6.45) is 71.1. The molecule has 0 bridgehead atoms. The second kappa shape index (κ2) is 60.4. The van der Waals surface area contributed by atoms with Crippen molar-refractivity contribution in [2.75, 3.05) is 13.2 Å². The minimum absolute atomic E-state index is 0.00337. The number of amides is 1. The molecule has 0 saturated carbocycles. The number of aliphatic hydroxyl groups is 2. The van der Waals surface area contributed by atoms with Crippen LogP contribution in [-0.4, -0.2) is 47.4 Å². The molecule has 0 aromatic rings. The van der Waals surface area contributed by atoms with E-state index in [9.17, 15) is 19.8 Å². The van der Waals surface area contributed by atoms with Gasteiger partial charge in [0.15, 0.2) is 0 Å². The number of hydrogen-bond acceptors (Lipinski definition) is 5. The third-order valence-corrected chi connectivity index (χ3v) is 15.4. The van der Waals surface area contributed by atoms with E-state index < -0.39 is 12.1 Å². The van der Waals surface area contributed by atoms with Crippen LogP contribution < -0.4 is 5.32 Å². The van der Waals surface area contributed by atoms with Gasteiger partial charge in [-0.25, -0.2) is 0 Å². The molecule has 2 atom stereocenters. The fraction of sp³-hybridized carbons (Fsp3) is 0.969. The number of carbonyl (C=O) groups is 2. The normalized spacial score (nSPS) is 12.5. The van der Waals surface area contributed by atoms with Gasteiger partial charge < -0.3 is 20.3 Å². The second-order valence-corrected chi connectivity index (χ2v) is 22.5. The number of aliphatic hydroxyl groups excluding tert-OH is 2. The summed E-state index contributed by atoms with van der Waals surface area (Å²) in [5.74, 6) is -0.0482. The summed E-state index contributed by atoms with van der Waals surface area (Å²) in [7, 11) is 0. The van der Waals surface area contributed by atoms with Crippen molar-refractivity contribution < 1.29 is 24.5 Å². The Morgan fingerprint density at radius 1 is 0.343 bits per heavy atom. The maximum absolute atomic E-state index is 12.5. The number of esters is 1. The Hall–Kier alpha value is -1.14. The molecule has 70 heavy (non-hydrogen) atoms. The number of unbranched alkanes of at least 4 members (excludes halogenated alkanes) is 50. The van der Waals surface area contributed by atoms with Gasteiger partial charge in [0.2, 0.25) is 5.91 Å². The molecule has 0 heterocycles. The number of rotatable bonds is 61. The highest BCUT2D eigenvalue weighted by molar-refractivity contribution is 5.76. The van der Waals surface area contributed by atoms with Crippen LogP contribution in [0.1, 0.15) is 373 Å². The van der Waals surface area contributed by atoms with E-state index in [1.165, 1.54) is 283 Å². The predicted molar refractivity (Wildman–Crippen MR) is 306 cm³/mol. The van der Waals surface area contributed by atoms with Crippen LogP contribution in [0.5, 0.6) is 0 Å². The van der Waals surface area contributed by atoms with Crippen LogP contribution in [0.25, 0.3) is 0 Å². The first kappa shape index (κ1) is 68.9. The molecule has 0 saturated heterocycles. The van der Waals surface area contributed by atoms with Crippen molar-refractivity contribution in [3.05, 3.63) is 0 Å². The highest BCUT2D eigenvalue weighted by atomic mass is 16.5. The van der Waals surface area contributed by atoms with Gasteiger partial charge in [0, 0.05) is 12.8 Å². The average molecular weight is 991 g/mol. The van der Waals surface area contributed by atoms with Crippen molar-refractivity contribution in [1.82, 2.24) is 5.32 Å². The van der Waals surface area contributed by atoms with Gasteiger partial charge in [-0.1, -0.05) is 335 Å². The quantitative estimate of drug-likeness (QED) is 0.0417. The molecule has 0 spiro atoms. The van der Waals surface area contributed by atoms with E-state index in [4.69, 9.17) is 4.74 Å². The van der Waals surface area contributed by atoms with Gasteiger partial charge in [-0.15, -0.1) is 0 Å². The fourth-order valence-electron chi connectivity index (χ4n) is 10.5. The minimum Gasteiger partial charge on any atom is -0.466 e. The Balaban J connectivity index is 3.42. The molecule has 0 fully saturated rings. The van der Waals surface area contributed by atoms with Gasteiger partial charge in [-0.05, 0) is 25.7 Å². The first-order valence-corrected chi connectivity index (χ1v) is 32.3. The molecule has 0 radical (unpaired) electrons. The van der Waals surface area contributed by atoms with Gasteiger partial charge in [0.05, 0.1) is 25.4 Å². The maximum Gasteiger partial charge on any atom is 0.305 e. The Bertz CT molecular complexity index is 1010. The van der Waals surface area contributed by atoms with Crippen molar-refractivity contribution in [1.29, 1.82) is 0 Å². The summed E-state index contributed by atoms with van der Waals surface area (Å²) < 4.78 is 5.49. The topological polar surface area (TPSA) is 95.9 Å². The van der Waals surface area contributed by atoms with Gasteiger partial charge in [-0.2, -0.15) is 0 Å². The summed E-state index contributed by atoms with van der Waals surface area (Å²) in [5.41, 5.74) is 0. The smallest absolute Gasteiger partial charge is 0.305 e. The monoisotopic (exact) mass is 990 g/mol. The van der Waals surface area contributed by atoms with Crippen molar-refractivity contribution in [2.24, 2.45) is 0 Å². The third-order valence-electron chi connectivity index (χ3n) is 15.4. The van der Waals surface area contributed by atoms with Gasteiger partial charge in [-0.3, -0.25) is 9.59 Å². The summed E-state index contributed by atoms with van der Waals surface area (Å²) >= 11 is 0. The molecule has 6 nitrogen and oxygen atoms in total. The van der Waals surface area contributed by atoms with E-state index >= 15 is 0 Å². The number of carbonyl (C=O) groups excluding carboxylic acids is 2. The van der Waals surface area contributed by atoms with Crippen molar-refractivity contribution in [3.63, 3.8) is 0 Å². The molecular weight excluding hydrogens is 863 g/mol. The van der Waals surface area contributed by atoms with Gasteiger partial charge in [0.25, 0.3) is 0 Å². The van der Waals surface area contributed by atoms with Crippen molar-refractivity contribution in [3.8, 4) is 0 Å². The molecule has 3 N–H and O–H groups in total. The Kier molecular flexibility index (Phi) is 59.4. The molecule has 6 heteroatoms. The Morgan fingerprint density at radius 2 is 0.586 bits per heavy atom. The first-order chi connectivity index (χ1) is 34.5. The van der Waals surface area contributed by atoms with Crippen molar-refractivity contribution in [2.45, 2.75) is 386 Å². The highest BCUT2D eigenvalue weighted by Gasteiger charge is 2.20. The lowest BCUT2D eigenvalue weighted by atomic mass is 10.0. The number of hydrogen-bond donors (Lipinski definition) is 3. The molecule has 0 aliphatic rings. The Labute approximate surface area is 438 Å². The molecule has 0 aliphatic carbocycles. The summed E-state index contributed by atoms with van der Waals surface area (Å²) in [6.45, 7) is 4.97. The lowest BCUT2D eigenvalue weighted by Gasteiger charge is -2.22. The first-order valence-electron chi connectivity index (χ1n) is 32.3. The minimum atomic E-state index is -0.675. The van der Waals surface area contributed by atoms with E-state index in [-0.39, 0.29) is 18.5 Å². The SMILES string of the molecule is CCCCCCCCCCCCCCCCCCCCCCCCCCC(O)C(CO)NC(=O)CCCCCCCCCCCCCCOC(=O)CCCCCCCCCCCCCCCCCCC. The summed E-state index contributed by atoms with van der Waals surface area (Å²) in [4.78, 5) is 24.6. The van der Waals surface area contributed by atoms with Crippen LogP contribution in [0.2, 0.25) is 0 Å². The van der Waals surface area contributed by atoms with E-state index in [0.29, 0.717) is 25.9 Å². The number of ether oxygens (including phenoxy) is 1. The van der Waals surface area contributed by atoms with Crippen LogP contribution >= 0.6 is 0 Å². The summed E-state index contributed by atoms with van der Waals surface area (Å²) in [6, 6.07) is -0.553. The standard InChI is InChI=1S/C64H127NO5/c1-3-5-7-9-11-13-15-17-19-21-22-23-24-25-26-27-29-30-32-36-40-44-48-52-56-62(67)61(60-66)65-63(68)57-53-49-45-41-37-34-35-39-43-47-51-55-59-70-64(69)58-54-50-46-42-38-33-31-28-20-18-16-14-12-10-8-6-4-2/h61-62,66-67H,3-60H2,1-2H3,(H,65,68). The zero-order valence-electron chi connectivity index (χ0n) is 47.8. The van der Waals surface area contributed by atoms with Crippen LogP contribution in [0.3, 0.4) is 0 Å². The van der Waals surface area contributed by atoms with Crippen LogP contribution in [-0.2, 0) is 14.3 Å². The summed E-state index contributed by atoms with van der Waals surface area (Å²) in [5, 5.41) is 23.4. The fourth-order valence-corrected chi connectivity index (χ4v) is 10.5. The number of nitrogens with one attached hydrogen (secondary N) is 1. The van der Waals surface area contributed by atoms with Crippen LogP contribution in [0.4, 0.5) is 0 Å². The lowest BCUT2D eigenvalue weighted by molar-refractivity contribution is -0.143. The molecule has 0 aromatic heterocycles. The van der Waals surface area contributed by atoms with E-state index in [1.54, 1.807) is 0 Å².